The lowest BCUT2D eigenvalue weighted by Crippen LogP contribution is -2.28. The van der Waals surface area contributed by atoms with Crippen molar-refractivity contribution in [2.75, 3.05) is 31.5 Å². The third-order valence-electron chi connectivity index (χ3n) is 2.23. The second kappa shape index (κ2) is 6.95. The maximum atomic E-state index is 4.18. The van der Waals surface area contributed by atoms with Crippen LogP contribution in [0.4, 0.5) is 5.95 Å². The Kier molecular flexibility index (Phi) is 5.85. The van der Waals surface area contributed by atoms with Gasteiger partial charge in [0.2, 0.25) is 5.95 Å². The highest BCUT2D eigenvalue weighted by atomic mass is 127. The van der Waals surface area contributed by atoms with Gasteiger partial charge in [0.15, 0.2) is 0 Å². The van der Waals surface area contributed by atoms with Gasteiger partial charge < -0.3 is 10.2 Å². The van der Waals surface area contributed by atoms with Gasteiger partial charge in [-0.3, -0.25) is 0 Å². The summed E-state index contributed by atoms with van der Waals surface area (Å²) in [6, 6.07) is 0. The van der Waals surface area contributed by atoms with Crippen LogP contribution in [-0.4, -0.2) is 41.0 Å². The molecule has 0 aliphatic carbocycles. The fourth-order valence-electron chi connectivity index (χ4n) is 1.27. The van der Waals surface area contributed by atoms with Crippen molar-refractivity contribution in [3.8, 4) is 0 Å². The number of halogens is 1. The molecule has 0 spiro atoms. The molecule has 1 heterocycles. The van der Waals surface area contributed by atoms with Crippen molar-refractivity contribution < 1.29 is 0 Å². The maximum absolute atomic E-state index is 4.18. The van der Waals surface area contributed by atoms with Crippen molar-refractivity contribution in [1.29, 1.82) is 0 Å². The number of likely N-dealkylation sites (N-methyl/N-ethyl adjacent to an activating group) is 1. The van der Waals surface area contributed by atoms with Crippen LogP contribution in [0.1, 0.15) is 13.8 Å². The summed E-state index contributed by atoms with van der Waals surface area (Å²) in [4.78, 5) is 10.7. The predicted octanol–water partition coefficient (Wildman–Crippen LogP) is 1.83. The first-order valence-electron chi connectivity index (χ1n) is 5.20. The van der Waals surface area contributed by atoms with Gasteiger partial charge in [-0.15, -0.1) is 0 Å². The number of aromatic nitrogens is 2. The van der Waals surface area contributed by atoms with Crippen molar-refractivity contribution in [1.82, 2.24) is 14.9 Å². The van der Waals surface area contributed by atoms with Crippen molar-refractivity contribution in [3.05, 3.63) is 16.0 Å². The summed E-state index contributed by atoms with van der Waals surface area (Å²) in [6.07, 6.45) is 3.63. The van der Waals surface area contributed by atoms with E-state index in [9.17, 15) is 0 Å². The van der Waals surface area contributed by atoms with E-state index in [-0.39, 0.29) is 0 Å². The molecule has 1 N–H and O–H groups in total. The molecular formula is C10H17IN4. The van der Waals surface area contributed by atoms with Gasteiger partial charge in [0.1, 0.15) is 0 Å². The molecule has 0 aromatic carbocycles. The van der Waals surface area contributed by atoms with E-state index in [0.717, 1.165) is 29.7 Å². The summed E-state index contributed by atoms with van der Waals surface area (Å²) in [5.41, 5.74) is 0. The fourth-order valence-corrected chi connectivity index (χ4v) is 1.55. The Bertz CT molecular complexity index is 271. The van der Waals surface area contributed by atoms with Crippen LogP contribution in [0, 0.1) is 3.57 Å². The molecule has 5 heteroatoms. The van der Waals surface area contributed by atoms with E-state index in [2.05, 4.69) is 56.6 Å². The first-order chi connectivity index (χ1) is 7.26. The molecule has 0 aliphatic rings. The van der Waals surface area contributed by atoms with Crippen LogP contribution >= 0.6 is 22.6 Å². The lowest BCUT2D eigenvalue weighted by atomic mass is 10.4. The minimum Gasteiger partial charge on any atom is -0.353 e. The summed E-state index contributed by atoms with van der Waals surface area (Å²) in [6.45, 7) is 8.44. The first kappa shape index (κ1) is 12.6. The second-order valence-electron chi connectivity index (χ2n) is 3.18. The Labute approximate surface area is 105 Å². The molecular weight excluding hydrogens is 303 g/mol. The van der Waals surface area contributed by atoms with Crippen LogP contribution in [0.15, 0.2) is 12.4 Å². The Hall–Kier alpha value is -0.430. The van der Waals surface area contributed by atoms with Gasteiger partial charge in [-0.25, -0.2) is 9.97 Å². The van der Waals surface area contributed by atoms with E-state index in [0.29, 0.717) is 5.95 Å². The minimum atomic E-state index is 0.711. The molecule has 1 aromatic heterocycles. The summed E-state index contributed by atoms with van der Waals surface area (Å²) in [5.74, 6) is 0.711. The van der Waals surface area contributed by atoms with E-state index in [1.807, 2.05) is 12.4 Å². The maximum Gasteiger partial charge on any atom is 0.222 e. The Morgan fingerprint density at radius 1 is 1.27 bits per heavy atom. The van der Waals surface area contributed by atoms with E-state index in [4.69, 9.17) is 0 Å². The van der Waals surface area contributed by atoms with Crippen molar-refractivity contribution in [2.24, 2.45) is 0 Å². The molecule has 15 heavy (non-hydrogen) atoms. The lowest BCUT2D eigenvalue weighted by molar-refractivity contribution is 0.316. The molecule has 84 valence electrons. The summed E-state index contributed by atoms with van der Waals surface area (Å²) in [7, 11) is 0. The van der Waals surface area contributed by atoms with Crippen LogP contribution in [0.5, 0.6) is 0 Å². The third-order valence-corrected chi connectivity index (χ3v) is 2.78. The zero-order valence-electron chi connectivity index (χ0n) is 9.20. The number of hydrogen-bond donors (Lipinski definition) is 1. The normalized spacial score (nSPS) is 10.7. The monoisotopic (exact) mass is 320 g/mol. The molecule has 0 unspecified atom stereocenters. The fraction of sp³-hybridized carbons (Fsp3) is 0.600. The van der Waals surface area contributed by atoms with E-state index >= 15 is 0 Å². The number of hydrogen-bond acceptors (Lipinski definition) is 4. The van der Waals surface area contributed by atoms with Gasteiger partial charge in [0.25, 0.3) is 0 Å². The molecule has 0 aliphatic heterocycles. The molecule has 1 rings (SSSR count). The van der Waals surface area contributed by atoms with Gasteiger partial charge in [0.05, 0.1) is 0 Å². The topological polar surface area (TPSA) is 41.0 Å². The van der Waals surface area contributed by atoms with E-state index in [1.165, 1.54) is 0 Å². The molecule has 4 nitrogen and oxygen atoms in total. The zero-order chi connectivity index (χ0) is 11.1. The second-order valence-corrected chi connectivity index (χ2v) is 4.42. The predicted molar refractivity (Wildman–Crippen MR) is 71.0 cm³/mol. The first-order valence-corrected chi connectivity index (χ1v) is 6.28. The average molecular weight is 320 g/mol. The summed E-state index contributed by atoms with van der Waals surface area (Å²) >= 11 is 2.20. The van der Waals surface area contributed by atoms with Gasteiger partial charge >= 0.3 is 0 Å². The zero-order valence-corrected chi connectivity index (χ0v) is 11.4. The third kappa shape index (κ3) is 4.74. The standard InChI is InChI=1S/C10H17IN4/c1-3-15(4-2)6-5-12-10-13-7-9(11)8-14-10/h7-8H,3-6H2,1-2H3,(H,12,13,14). The Morgan fingerprint density at radius 2 is 1.87 bits per heavy atom. The number of rotatable bonds is 6. The lowest BCUT2D eigenvalue weighted by Gasteiger charge is -2.17. The quantitative estimate of drug-likeness (QED) is 0.812. The number of anilines is 1. The largest absolute Gasteiger partial charge is 0.353 e. The molecule has 0 saturated heterocycles. The molecule has 0 bridgehead atoms. The van der Waals surface area contributed by atoms with Gasteiger partial charge in [0, 0.05) is 29.1 Å². The molecule has 0 amide bonds. The van der Waals surface area contributed by atoms with Crippen LogP contribution in [0.2, 0.25) is 0 Å². The van der Waals surface area contributed by atoms with Crippen LogP contribution in [-0.2, 0) is 0 Å². The van der Waals surface area contributed by atoms with Crippen LogP contribution < -0.4 is 5.32 Å². The number of nitrogens with zero attached hydrogens (tertiary/aromatic N) is 3. The van der Waals surface area contributed by atoms with Gasteiger partial charge in [-0.05, 0) is 35.7 Å². The highest BCUT2D eigenvalue weighted by molar-refractivity contribution is 14.1. The molecule has 0 radical (unpaired) electrons. The molecule has 1 aromatic rings. The highest BCUT2D eigenvalue weighted by Gasteiger charge is 1.99. The highest BCUT2D eigenvalue weighted by Crippen LogP contribution is 2.02. The van der Waals surface area contributed by atoms with E-state index in [1.54, 1.807) is 0 Å². The molecule has 0 atom stereocenters. The van der Waals surface area contributed by atoms with Crippen LogP contribution in [0.25, 0.3) is 0 Å². The number of nitrogens with one attached hydrogen (secondary N) is 1. The summed E-state index contributed by atoms with van der Waals surface area (Å²) < 4.78 is 1.06. The SMILES string of the molecule is CCN(CC)CCNc1ncc(I)cn1. The van der Waals surface area contributed by atoms with E-state index < -0.39 is 0 Å². The summed E-state index contributed by atoms with van der Waals surface area (Å²) in [5, 5.41) is 3.20. The smallest absolute Gasteiger partial charge is 0.222 e. The van der Waals surface area contributed by atoms with Gasteiger partial charge in [-0.2, -0.15) is 0 Å². The van der Waals surface area contributed by atoms with Crippen molar-refractivity contribution in [3.63, 3.8) is 0 Å². The molecule has 0 saturated carbocycles. The average Bonchev–Trinajstić information content (AvgIpc) is 2.27. The minimum absolute atomic E-state index is 0.711. The molecule has 0 fully saturated rings. The van der Waals surface area contributed by atoms with Gasteiger partial charge in [-0.1, -0.05) is 13.8 Å². The van der Waals surface area contributed by atoms with Crippen molar-refractivity contribution >= 4 is 28.5 Å². The Morgan fingerprint density at radius 3 is 2.40 bits per heavy atom. The van der Waals surface area contributed by atoms with Crippen LogP contribution in [0.3, 0.4) is 0 Å². The van der Waals surface area contributed by atoms with Crippen molar-refractivity contribution in [2.45, 2.75) is 13.8 Å². The Balaban J connectivity index is 2.28.